The molecule has 2 heterocycles. The highest BCUT2D eigenvalue weighted by Crippen LogP contribution is 2.34. The Hall–Kier alpha value is -1.70. The first-order valence-electron chi connectivity index (χ1n) is 5.46. The molecule has 3 unspecified atom stereocenters. The van der Waals surface area contributed by atoms with Gasteiger partial charge >= 0.3 is 0 Å². The summed E-state index contributed by atoms with van der Waals surface area (Å²) in [6, 6.07) is 0. The van der Waals surface area contributed by atoms with Gasteiger partial charge in [0, 0.05) is 11.8 Å². The van der Waals surface area contributed by atoms with Crippen LogP contribution < -0.4 is 16.8 Å². The molecule has 98 valence electrons. The molecule has 0 saturated heterocycles. The van der Waals surface area contributed by atoms with Gasteiger partial charge in [0.25, 0.3) is 0 Å². The second-order valence-corrected chi connectivity index (χ2v) is 5.33. The van der Waals surface area contributed by atoms with Crippen LogP contribution in [0, 0.1) is 11.3 Å². The molecular weight excluding hydrogens is 252 g/mol. The van der Waals surface area contributed by atoms with E-state index in [4.69, 9.17) is 16.9 Å². The van der Waals surface area contributed by atoms with E-state index in [1.807, 2.05) is 18.1 Å². The minimum Gasteiger partial charge on any atom is -0.384 e. The maximum Gasteiger partial charge on any atom is 0.238 e. The van der Waals surface area contributed by atoms with Crippen molar-refractivity contribution in [2.75, 3.05) is 6.26 Å². The fraction of sp³-hybridized carbons (Fsp3) is 0.500. The summed E-state index contributed by atoms with van der Waals surface area (Å²) in [5.41, 5.74) is 11.6. The van der Waals surface area contributed by atoms with Crippen LogP contribution in [0.2, 0.25) is 0 Å². The number of hydrogen-bond donors (Lipinski definition) is 4. The van der Waals surface area contributed by atoms with Gasteiger partial charge in [0.15, 0.2) is 5.96 Å². The summed E-state index contributed by atoms with van der Waals surface area (Å²) in [5.74, 6) is -0.807. The average molecular weight is 268 g/mol. The van der Waals surface area contributed by atoms with Crippen molar-refractivity contribution >= 4 is 29.5 Å². The van der Waals surface area contributed by atoms with Gasteiger partial charge in [0.1, 0.15) is 17.9 Å². The van der Waals surface area contributed by atoms with E-state index in [1.165, 1.54) is 0 Å². The predicted octanol–water partition coefficient (Wildman–Crippen LogP) is -0.782. The standard InChI is InChI=1S/C10H16N6OS/c1-4(18-2)16-3-5(7(11)12)6-8(16)14-10(13)15-9(6)17/h3-4,6,8H,1-2H3,(H3,11,12)(H3,13,14,15,17). The Morgan fingerprint density at radius 3 is 2.94 bits per heavy atom. The number of nitrogens with zero attached hydrogens (tertiary/aromatic N) is 2. The molecule has 0 radical (unpaired) electrons. The van der Waals surface area contributed by atoms with Gasteiger partial charge < -0.3 is 16.4 Å². The number of aliphatic imine (C=N–C) groups is 1. The summed E-state index contributed by atoms with van der Waals surface area (Å²) < 4.78 is 0. The van der Waals surface area contributed by atoms with Crippen LogP contribution in [0.1, 0.15) is 6.92 Å². The Balaban J connectivity index is 2.42. The van der Waals surface area contributed by atoms with E-state index in [-0.39, 0.29) is 23.1 Å². The highest BCUT2D eigenvalue weighted by atomic mass is 32.2. The number of rotatable bonds is 3. The molecule has 0 aromatic carbocycles. The Morgan fingerprint density at radius 2 is 2.39 bits per heavy atom. The molecule has 0 aromatic heterocycles. The van der Waals surface area contributed by atoms with Crippen molar-refractivity contribution in [3.8, 4) is 0 Å². The number of fused-ring (bicyclic) bond motifs is 1. The third kappa shape index (κ3) is 1.92. The van der Waals surface area contributed by atoms with Crippen LogP contribution in [0.4, 0.5) is 0 Å². The smallest absolute Gasteiger partial charge is 0.238 e. The van der Waals surface area contributed by atoms with Gasteiger partial charge in [-0.25, -0.2) is 4.99 Å². The lowest BCUT2D eigenvalue weighted by Crippen LogP contribution is -2.52. The maximum absolute atomic E-state index is 12.0. The van der Waals surface area contributed by atoms with E-state index < -0.39 is 12.1 Å². The minimum absolute atomic E-state index is 0.105. The molecule has 0 aromatic rings. The summed E-state index contributed by atoms with van der Waals surface area (Å²) in [4.78, 5) is 18.1. The van der Waals surface area contributed by atoms with Crippen LogP contribution in [-0.4, -0.2) is 40.4 Å². The molecule has 2 aliphatic heterocycles. The number of carbonyl (C=O) groups is 1. The van der Waals surface area contributed by atoms with Crippen LogP contribution in [0.5, 0.6) is 0 Å². The van der Waals surface area contributed by atoms with Gasteiger partial charge in [0.05, 0.1) is 5.37 Å². The lowest BCUT2D eigenvalue weighted by Gasteiger charge is -2.32. The van der Waals surface area contributed by atoms with Crippen LogP contribution in [0.15, 0.2) is 16.8 Å². The van der Waals surface area contributed by atoms with Gasteiger partial charge in [-0.15, -0.1) is 11.8 Å². The lowest BCUT2D eigenvalue weighted by atomic mass is 9.97. The van der Waals surface area contributed by atoms with Crippen LogP contribution in [-0.2, 0) is 4.79 Å². The van der Waals surface area contributed by atoms with Gasteiger partial charge in [-0.2, -0.15) is 0 Å². The summed E-state index contributed by atoms with van der Waals surface area (Å²) in [5, 5.41) is 10.2. The van der Waals surface area contributed by atoms with Crippen LogP contribution >= 0.6 is 11.8 Å². The fourth-order valence-corrected chi connectivity index (χ4v) is 2.55. The van der Waals surface area contributed by atoms with Crippen LogP contribution in [0.3, 0.4) is 0 Å². The van der Waals surface area contributed by atoms with Crippen molar-refractivity contribution in [3.05, 3.63) is 11.8 Å². The molecular formula is C10H16N6OS. The van der Waals surface area contributed by atoms with E-state index in [0.717, 1.165) is 0 Å². The Labute approximate surface area is 109 Å². The van der Waals surface area contributed by atoms with Gasteiger partial charge in [-0.1, -0.05) is 0 Å². The zero-order valence-electron chi connectivity index (χ0n) is 10.2. The molecule has 3 atom stereocenters. The second kappa shape index (κ2) is 4.52. The van der Waals surface area contributed by atoms with Crippen molar-refractivity contribution in [3.63, 3.8) is 0 Å². The summed E-state index contributed by atoms with van der Waals surface area (Å²) in [6.45, 7) is 2.00. The molecule has 0 fully saturated rings. The van der Waals surface area contributed by atoms with Crippen molar-refractivity contribution in [2.45, 2.75) is 18.5 Å². The SMILES string of the molecule is CSC(C)N1C=C(C(=N)N)C2C(=O)NC(N)=NC21. The van der Waals surface area contributed by atoms with E-state index in [1.54, 1.807) is 18.0 Å². The zero-order chi connectivity index (χ0) is 13.4. The number of carbonyl (C=O) groups excluding carboxylic acids is 1. The van der Waals surface area contributed by atoms with Crippen molar-refractivity contribution in [1.82, 2.24) is 10.2 Å². The number of guanidine groups is 1. The van der Waals surface area contributed by atoms with Gasteiger partial charge in [-0.05, 0) is 13.2 Å². The lowest BCUT2D eigenvalue weighted by molar-refractivity contribution is -0.123. The third-order valence-corrected chi connectivity index (χ3v) is 4.03. The molecule has 6 N–H and O–H groups in total. The first-order valence-corrected chi connectivity index (χ1v) is 6.75. The Morgan fingerprint density at radius 1 is 1.72 bits per heavy atom. The van der Waals surface area contributed by atoms with Crippen molar-refractivity contribution in [2.24, 2.45) is 22.4 Å². The molecule has 2 rings (SSSR count). The first-order chi connectivity index (χ1) is 8.45. The number of nitrogens with two attached hydrogens (primary N) is 2. The van der Waals surface area contributed by atoms with Gasteiger partial charge in [-0.3, -0.25) is 15.5 Å². The highest BCUT2D eigenvalue weighted by molar-refractivity contribution is 7.99. The quantitative estimate of drug-likeness (QED) is 0.395. The number of hydrogen-bond acceptors (Lipinski definition) is 6. The second-order valence-electron chi connectivity index (χ2n) is 4.18. The van der Waals surface area contributed by atoms with E-state index in [2.05, 4.69) is 10.3 Å². The summed E-state index contributed by atoms with van der Waals surface area (Å²) in [6.07, 6.45) is 3.30. The summed E-state index contributed by atoms with van der Waals surface area (Å²) >= 11 is 1.62. The zero-order valence-corrected chi connectivity index (χ0v) is 11.0. The van der Waals surface area contributed by atoms with Crippen LogP contribution in [0.25, 0.3) is 0 Å². The molecule has 2 aliphatic rings. The highest BCUT2D eigenvalue weighted by Gasteiger charge is 2.45. The largest absolute Gasteiger partial charge is 0.384 e. The maximum atomic E-state index is 12.0. The monoisotopic (exact) mass is 268 g/mol. The molecule has 0 saturated carbocycles. The van der Waals surface area contributed by atoms with E-state index in [0.29, 0.717) is 5.57 Å². The van der Waals surface area contributed by atoms with E-state index in [9.17, 15) is 4.79 Å². The van der Waals surface area contributed by atoms with Crippen molar-refractivity contribution in [1.29, 1.82) is 5.41 Å². The molecule has 7 nitrogen and oxygen atoms in total. The van der Waals surface area contributed by atoms with E-state index >= 15 is 0 Å². The first kappa shape index (κ1) is 12.7. The molecule has 1 amide bonds. The number of thioether (sulfide) groups is 1. The summed E-state index contributed by atoms with van der Waals surface area (Å²) in [7, 11) is 0. The fourth-order valence-electron chi connectivity index (χ4n) is 2.13. The molecule has 8 heteroatoms. The molecule has 0 aliphatic carbocycles. The number of amidine groups is 1. The average Bonchev–Trinajstić information content (AvgIpc) is 2.67. The predicted molar refractivity (Wildman–Crippen MR) is 71.9 cm³/mol. The normalized spacial score (nSPS) is 28.1. The topological polar surface area (TPSA) is 121 Å². The minimum atomic E-state index is -0.551. The molecule has 0 spiro atoms. The molecule has 0 bridgehead atoms. The number of amides is 1. The Kier molecular flexibility index (Phi) is 3.20. The Bertz CT molecular complexity index is 459. The van der Waals surface area contributed by atoms with Gasteiger partial charge in [0.2, 0.25) is 5.91 Å². The number of nitrogens with one attached hydrogen (secondary N) is 2. The third-order valence-electron chi connectivity index (χ3n) is 3.10. The van der Waals surface area contributed by atoms with Crippen molar-refractivity contribution < 1.29 is 4.79 Å². The molecule has 18 heavy (non-hydrogen) atoms.